The molecule has 0 heterocycles. The second kappa shape index (κ2) is 8.87. The smallest absolute Gasteiger partial charge is 0.310 e. The Hall–Kier alpha value is -2.82. The third-order valence-corrected chi connectivity index (χ3v) is 3.71. The molecule has 0 fully saturated rings. The van der Waals surface area contributed by atoms with Gasteiger partial charge in [-0.3, -0.25) is 9.59 Å². The molecule has 0 aliphatic heterocycles. The molecule has 0 unspecified atom stereocenters. The molecular formula is C20H23NO4. The number of benzene rings is 2. The maximum Gasteiger partial charge on any atom is 0.310 e. The molecule has 132 valence electrons. The predicted octanol–water partition coefficient (Wildman–Crippen LogP) is 3.54. The molecule has 5 nitrogen and oxygen atoms in total. The Morgan fingerprint density at radius 1 is 1.08 bits per heavy atom. The number of methoxy groups -OCH3 is 1. The van der Waals surface area contributed by atoms with Gasteiger partial charge in [-0.2, -0.15) is 0 Å². The molecule has 1 amide bonds. The fourth-order valence-corrected chi connectivity index (χ4v) is 2.29. The lowest BCUT2D eigenvalue weighted by molar-refractivity contribution is -0.146. The van der Waals surface area contributed by atoms with E-state index in [0.29, 0.717) is 17.4 Å². The van der Waals surface area contributed by atoms with Gasteiger partial charge in [0.05, 0.1) is 13.5 Å². The van der Waals surface area contributed by atoms with Crippen molar-refractivity contribution in [1.82, 2.24) is 0 Å². The van der Waals surface area contributed by atoms with Crippen LogP contribution in [0.5, 0.6) is 5.75 Å². The molecule has 0 aliphatic rings. The summed E-state index contributed by atoms with van der Waals surface area (Å²) in [6.45, 7) is 3.90. The zero-order chi connectivity index (χ0) is 18.2. The predicted molar refractivity (Wildman–Crippen MR) is 96.8 cm³/mol. The van der Waals surface area contributed by atoms with E-state index in [1.54, 1.807) is 31.4 Å². The first-order valence-electron chi connectivity index (χ1n) is 8.16. The quantitative estimate of drug-likeness (QED) is 0.782. The van der Waals surface area contributed by atoms with Crippen LogP contribution in [0.1, 0.15) is 30.9 Å². The summed E-state index contributed by atoms with van der Waals surface area (Å²) in [6, 6.07) is 14.8. The summed E-state index contributed by atoms with van der Waals surface area (Å²) in [7, 11) is 1.56. The highest BCUT2D eigenvalue weighted by Gasteiger charge is 2.10. The van der Waals surface area contributed by atoms with Gasteiger partial charge in [-0.1, -0.05) is 38.1 Å². The highest BCUT2D eigenvalue weighted by Crippen LogP contribution is 2.17. The van der Waals surface area contributed by atoms with Crippen molar-refractivity contribution in [3.8, 4) is 5.75 Å². The Kier molecular flexibility index (Phi) is 6.57. The van der Waals surface area contributed by atoms with Crippen LogP contribution in [-0.4, -0.2) is 25.6 Å². The van der Waals surface area contributed by atoms with Crippen LogP contribution in [-0.2, 0) is 20.7 Å². The molecule has 0 spiro atoms. The summed E-state index contributed by atoms with van der Waals surface area (Å²) >= 11 is 0. The van der Waals surface area contributed by atoms with E-state index in [-0.39, 0.29) is 18.9 Å². The number of carbonyl (C=O) groups excluding carboxylic acids is 2. The Morgan fingerprint density at radius 3 is 2.44 bits per heavy atom. The minimum Gasteiger partial charge on any atom is -0.497 e. The standard InChI is InChI=1S/C20H23NO4/c1-14(2)16-7-9-17(10-8-16)21-19(22)13-25-20(23)12-15-5-4-6-18(11-15)24-3/h4-11,14H,12-13H2,1-3H3,(H,21,22). The van der Waals surface area contributed by atoms with E-state index in [0.717, 1.165) is 5.56 Å². The van der Waals surface area contributed by atoms with E-state index in [9.17, 15) is 9.59 Å². The highest BCUT2D eigenvalue weighted by molar-refractivity contribution is 5.92. The summed E-state index contributed by atoms with van der Waals surface area (Å²) in [6.07, 6.45) is 0.0908. The molecule has 0 atom stereocenters. The summed E-state index contributed by atoms with van der Waals surface area (Å²) in [5.74, 6) is 0.282. The van der Waals surface area contributed by atoms with Crippen molar-refractivity contribution in [3.05, 3.63) is 59.7 Å². The number of carbonyl (C=O) groups is 2. The van der Waals surface area contributed by atoms with Gasteiger partial charge < -0.3 is 14.8 Å². The molecular weight excluding hydrogens is 318 g/mol. The number of rotatable bonds is 7. The van der Waals surface area contributed by atoms with Gasteiger partial charge in [0.2, 0.25) is 0 Å². The first-order valence-corrected chi connectivity index (χ1v) is 8.16. The van der Waals surface area contributed by atoms with Gasteiger partial charge >= 0.3 is 5.97 Å². The van der Waals surface area contributed by atoms with Crippen molar-refractivity contribution in [2.75, 3.05) is 19.0 Å². The lowest BCUT2D eigenvalue weighted by atomic mass is 10.0. The monoisotopic (exact) mass is 341 g/mol. The molecule has 0 saturated heterocycles. The van der Waals surface area contributed by atoms with Crippen LogP contribution in [0, 0.1) is 0 Å². The van der Waals surface area contributed by atoms with Gasteiger partial charge in [-0.15, -0.1) is 0 Å². The van der Waals surface area contributed by atoms with E-state index in [1.807, 2.05) is 24.3 Å². The van der Waals surface area contributed by atoms with Gasteiger partial charge in [0.15, 0.2) is 6.61 Å². The SMILES string of the molecule is COc1cccc(CC(=O)OCC(=O)Nc2ccc(C(C)C)cc2)c1. The van der Waals surface area contributed by atoms with E-state index < -0.39 is 5.97 Å². The summed E-state index contributed by atoms with van der Waals surface area (Å²) < 4.78 is 10.1. The van der Waals surface area contributed by atoms with Crippen LogP contribution >= 0.6 is 0 Å². The average molecular weight is 341 g/mol. The van der Waals surface area contributed by atoms with Gasteiger partial charge in [0, 0.05) is 5.69 Å². The van der Waals surface area contributed by atoms with E-state index in [4.69, 9.17) is 9.47 Å². The van der Waals surface area contributed by atoms with Crippen molar-refractivity contribution in [1.29, 1.82) is 0 Å². The summed E-state index contributed by atoms with van der Waals surface area (Å²) in [5.41, 5.74) is 2.65. The van der Waals surface area contributed by atoms with E-state index >= 15 is 0 Å². The molecule has 0 aliphatic carbocycles. The Balaban J connectivity index is 1.79. The molecule has 0 radical (unpaired) electrons. The molecule has 2 rings (SSSR count). The molecule has 0 aromatic heterocycles. The van der Waals surface area contributed by atoms with Gasteiger partial charge in [-0.25, -0.2) is 0 Å². The van der Waals surface area contributed by atoms with Crippen molar-refractivity contribution in [2.24, 2.45) is 0 Å². The number of hydrogen-bond donors (Lipinski definition) is 1. The summed E-state index contributed by atoms with van der Waals surface area (Å²) in [4.78, 5) is 23.7. The van der Waals surface area contributed by atoms with Crippen molar-refractivity contribution >= 4 is 17.6 Å². The molecule has 0 bridgehead atoms. The van der Waals surface area contributed by atoms with Crippen LogP contribution in [0.25, 0.3) is 0 Å². The molecule has 0 saturated carbocycles. The lowest BCUT2D eigenvalue weighted by Crippen LogP contribution is -2.21. The van der Waals surface area contributed by atoms with Crippen LogP contribution in [0.2, 0.25) is 0 Å². The number of amides is 1. The van der Waals surface area contributed by atoms with Crippen molar-refractivity contribution in [2.45, 2.75) is 26.2 Å². The number of ether oxygens (including phenoxy) is 2. The van der Waals surface area contributed by atoms with E-state index in [2.05, 4.69) is 19.2 Å². The third-order valence-electron chi connectivity index (χ3n) is 3.71. The summed E-state index contributed by atoms with van der Waals surface area (Å²) in [5, 5.41) is 2.71. The zero-order valence-electron chi connectivity index (χ0n) is 14.7. The number of esters is 1. The van der Waals surface area contributed by atoms with Crippen molar-refractivity contribution in [3.63, 3.8) is 0 Å². The van der Waals surface area contributed by atoms with Crippen LogP contribution in [0.15, 0.2) is 48.5 Å². The van der Waals surface area contributed by atoms with Crippen molar-refractivity contribution < 1.29 is 19.1 Å². The van der Waals surface area contributed by atoms with Crippen LogP contribution in [0.3, 0.4) is 0 Å². The topological polar surface area (TPSA) is 64.6 Å². The highest BCUT2D eigenvalue weighted by atomic mass is 16.5. The Morgan fingerprint density at radius 2 is 1.80 bits per heavy atom. The van der Waals surface area contributed by atoms with Gasteiger partial charge in [0.1, 0.15) is 5.75 Å². The number of nitrogens with one attached hydrogen (secondary N) is 1. The number of anilines is 1. The number of hydrogen-bond acceptors (Lipinski definition) is 4. The Bertz CT molecular complexity index is 723. The minimum absolute atomic E-state index is 0.0908. The Labute approximate surface area is 148 Å². The van der Waals surface area contributed by atoms with Crippen LogP contribution in [0.4, 0.5) is 5.69 Å². The van der Waals surface area contributed by atoms with Gasteiger partial charge in [-0.05, 0) is 41.3 Å². The third kappa shape index (κ3) is 5.95. The average Bonchev–Trinajstić information content (AvgIpc) is 2.60. The van der Waals surface area contributed by atoms with Crippen LogP contribution < -0.4 is 10.1 Å². The van der Waals surface area contributed by atoms with E-state index in [1.165, 1.54) is 5.56 Å². The fourth-order valence-electron chi connectivity index (χ4n) is 2.29. The maximum absolute atomic E-state index is 11.9. The molecule has 25 heavy (non-hydrogen) atoms. The molecule has 2 aromatic rings. The normalized spacial score (nSPS) is 10.4. The lowest BCUT2D eigenvalue weighted by Gasteiger charge is -2.09. The largest absolute Gasteiger partial charge is 0.497 e. The zero-order valence-corrected chi connectivity index (χ0v) is 14.7. The molecule has 5 heteroatoms. The first-order chi connectivity index (χ1) is 12.0. The van der Waals surface area contributed by atoms with Gasteiger partial charge in [0.25, 0.3) is 5.91 Å². The molecule has 1 N–H and O–H groups in total. The minimum atomic E-state index is -0.460. The second-order valence-electron chi connectivity index (χ2n) is 6.01. The molecule has 2 aromatic carbocycles. The second-order valence-corrected chi connectivity index (χ2v) is 6.01. The fraction of sp³-hybridized carbons (Fsp3) is 0.300. The first kappa shape index (κ1) is 18.5. The maximum atomic E-state index is 11.9.